The van der Waals surface area contributed by atoms with Crippen LogP contribution >= 0.6 is 0 Å². The van der Waals surface area contributed by atoms with Crippen molar-refractivity contribution in [3.05, 3.63) is 53.9 Å². The number of aliphatic hydroxyl groups excluding tert-OH is 1. The molecule has 0 unspecified atom stereocenters. The van der Waals surface area contributed by atoms with Crippen molar-refractivity contribution >= 4 is 28.1 Å². The molecule has 0 bridgehead atoms. The highest BCUT2D eigenvalue weighted by atomic mass is 19.4. The summed E-state index contributed by atoms with van der Waals surface area (Å²) in [6, 6.07) is 14.0. The first kappa shape index (κ1) is 30.9. The molecule has 5 rings (SSSR count). The molecule has 0 atom stereocenters. The molecular weight excluding hydrogens is 527 g/mol. The van der Waals surface area contributed by atoms with E-state index in [0.717, 1.165) is 23.9 Å². The summed E-state index contributed by atoms with van der Waals surface area (Å²) in [6.07, 6.45) is -1.51. The van der Waals surface area contributed by atoms with Gasteiger partial charge in [0.1, 0.15) is 17.1 Å². The molecule has 41 heavy (non-hydrogen) atoms. The van der Waals surface area contributed by atoms with E-state index in [2.05, 4.69) is 33.0 Å². The Bertz CT molecular complexity index is 1300. The lowest BCUT2D eigenvalue weighted by molar-refractivity contribution is -0.191. The van der Waals surface area contributed by atoms with Gasteiger partial charge in [-0.15, -0.1) is 0 Å². The molecule has 3 aromatic rings. The van der Waals surface area contributed by atoms with Crippen molar-refractivity contribution in [2.45, 2.75) is 69.9 Å². The van der Waals surface area contributed by atoms with Crippen LogP contribution in [0.2, 0.25) is 0 Å². The fraction of sp³-hybridized carbons (Fsp3) is 0.562. The summed E-state index contributed by atoms with van der Waals surface area (Å²) in [6.45, 7) is 5.86. The van der Waals surface area contributed by atoms with Crippen LogP contribution in [0.5, 0.6) is 0 Å². The van der Waals surface area contributed by atoms with E-state index in [1.54, 1.807) is 6.07 Å². The molecular formula is C32H44F3N5O. The van der Waals surface area contributed by atoms with Crippen LogP contribution in [0.1, 0.15) is 69.7 Å². The number of benzene rings is 2. The topological polar surface area (TPSA) is 55.7 Å². The van der Waals surface area contributed by atoms with Crippen LogP contribution in [0, 0.1) is 0 Å². The van der Waals surface area contributed by atoms with Crippen molar-refractivity contribution in [2.75, 3.05) is 62.1 Å². The monoisotopic (exact) mass is 571 g/mol. The van der Waals surface area contributed by atoms with Gasteiger partial charge in [-0.2, -0.15) is 13.2 Å². The quantitative estimate of drug-likeness (QED) is 0.333. The van der Waals surface area contributed by atoms with Crippen molar-refractivity contribution in [1.29, 1.82) is 0 Å². The molecule has 224 valence electrons. The number of piperidine rings is 1. The summed E-state index contributed by atoms with van der Waals surface area (Å²) in [5, 5.41) is 10.2. The lowest BCUT2D eigenvalue weighted by atomic mass is 9.84. The van der Waals surface area contributed by atoms with Crippen molar-refractivity contribution in [2.24, 2.45) is 0 Å². The first-order valence-electron chi connectivity index (χ1n) is 14.9. The van der Waals surface area contributed by atoms with Crippen molar-refractivity contribution in [3.63, 3.8) is 0 Å². The molecule has 1 saturated heterocycles. The second-order valence-corrected chi connectivity index (χ2v) is 11.2. The number of likely N-dealkylation sites (N-methyl/N-ethyl adjacent to an activating group) is 1. The first-order chi connectivity index (χ1) is 19.6. The Morgan fingerprint density at radius 2 is 1.63 bits per heavy atom. The molecule has 2 aromatic carbocycles. The van der Waals surface area contributed by atoms with Crippen LogP contribution in [0.15, 0.2) is 42.5 Å². The zero-order valence-electron chi connectivity index (χ0n) is 25.0. The van der Waals surface area contributed by atoms with Gasteiger partial charge < -0.3 is 19.8 Å². The van der Waals surface area contributed by atoms with E-state index in [-0.39, 0.29) is 25.3 Å². The van der Waals surface area contributed by atoms with Gasteiger partial charge in [0.2, 0.25) is 0 Å². The van der Waals surface area contributed by atoms with Gasteiger partial charge in [-0.1, -0.05) is 44.9 Å². The van der Waals surface area contributed by atoms with E-state index in [1.165, 1.54) is 11.3 Å². The molecule has 0 radical (unpaired) electrons. The Hall–Kier alpha value is -3.07. The lowest BCUT2D eigenvalue weighted by Crippen LogP contribution is -2.42. The van der Waals surface area contributed by atoms with Crippen molar-refractivity contribution < 1.29 is 18.3 Å². The highest BCUT2D eigenvalue weighted by molar-refractivity contribution is 5.92. The SMILES string of the molecule is CC.CN(C)c1ccccc1C1CCN(c2nc(C3(C(F)(F)F)CCCC3)nc3ccc(N(C)CCO)cc23)CC1. The van der Waals surface area contributed by atoms with E-state index in [4.69, 9.17) is 4.98 Å². The summed E-state index contributed by atoms with van der Waals surface area (Å²) < 4.78 is 43.6. The van der Waals surface area contributed by atoms with Gasteiger partial charge in [-0.05, 0) is 61.4 Å². The molecule has 0 spiro atoms. The Morgan fingerprint density at radius 1 is 0.976 bits per heavy atom. The van der Waals surface area contributed by atoms with Gasteiger partial charge in [-0.3, -0.25) is 0 Å². The summed E-state index contributed by atoms with van der Waals surface area (Å²) in [5.41, 5.74) is 1.92. The average molecular weight is 572 g/mol. The Balaban J connectivity index is 0.00000189. The van der Waals surface area contributed by atoms with Gasteiger partial charge >= 0.3 is 6.18 Å². The van der Waals surface area contributed by atoms with Crippen molar-refractivity contribution in [3.8, 4) is 0 Å². The third-order valence-electron chi connectivity index (χ3n) is 8.62. The number of nitrogens with zero attached hydrogens (tertiary/aromatic N) is 5. The van der Waals surface area contributed by atoms with Gasteiger partial charge in [0.25, 0.3) is 0 Å². The first-order valence-corrected chi connectivity index (χ1v) is 14.9. The number of anilines is 3. The molecule has 1 saturated carbocycles. The molecule has 1 aromatic heterocycles. The molecule has 9 heteroatoms. The fourth-order valence-electron chi connectivity index (χ4n) is 6.33. The van der Waals surface area contributed by atoms with Crippen LogP contribution in [-0.2, 0) is 5.41 Å². The zero-order chi connectivity index (χ0) is 29.8. The van der Waals surface area contributed by atoms with E-state index in [9.17, 15) is 18.3 Å². The van der Waals surface area contributed by atoms with Gasteiger partial charge in [0.15, 0.2) is 0 Å². The minimum Gasteiger partial charge on any atom is -0.395 e. The summed E-state index contributed by atoms with van der Waals surface area (Å²) in [7, 11) is 5.98. The highest BCUT2D eigenvalue weighted by Crippen LogP contribution is 2.52. The van der Waals surface area contributed by atoms with Crippen LogP contribution < -0.4 is 14.7 Å². The largest absolute Gasteiger partial charge is 0.401 e. The number of alkyl halides is 3. The van der Waals surface area contributed by atoms with Crippen molar-refractivity contribution in [1.82, 2.24) is 9.97 Å². The highest BCUT2D eigenvalue weighted by Gasteiger charge is 2.59. The maximum absolute atomic E-state index is 14.5. The number of hydrogen-bond donors (Lipinski definition) is 1. The predicted molar refractivity (Wildman–Crippen MR) is 162 cm³/mol. The minimum absolute atomic E-state index is 0.00682. The maximum Gasteiger partial charge on any atom is 0.401 e. The molecule has 1 aliphatic carbocycles. The minimum atomic E-state index is -4.40. The number of para-hydroxylation sites is 1. The Kier molecular flexibility index (Phi) is 9.67. The number of rotatable bonds is 7. The number of aromatic nitrogens is 2. The number of aliphatic hydroxyl groups is 1. The molecule has 2 aliphatic rings. The lowest BCUT2D eigenvalue weighted by Gasteiger charge is -2.36. The van der Waals surface area contributed by atoms with E-state index in [0.29, 0.717) is 49.7 Å². The number of halogens is 3. The smallest absolute Gasteiger partial charge is 0.395 e. The third-order valence-corrected chi connectivity index (χ3v) is 8.62. The molecule has 2 heterocycles. The van der Waals surface area contributed by atoms with Crippen LogP contribution in [-0.4, -0.2) is 68.6 Å². The summed E-state index contributed by atoms with van der Waals surface area (Å²) in [5.74, 6) is 0.866. The average Bonchev–Trinajstić information content (AvgIpc) is 3.50. The van der Waals surface area contributed by atoms with Crippen LogP contribution in [0.4, 0.5) is 30.4 Å². The maximum atomic E-state index is 14.5. The molecule has 6 nitrogen and oxygen atoms in total. The standard InChI is InChI=1S/C30H38F3N5O.C2H6/c1-36(2)26-9-5-4-8-23(26)21-12-16-38(17-13-21)27-24-20-22(37(3)18-19-39)10-11-25(24)34-28(35-27)29(30(31,32)33)14-6-7-15-29;1-2/h4-5,8-11,20-21,39H,6-7,12-19H2,1-3H3;1-2H3. The van der Waals surface area contributed by atoms with Gasteiger partial charge in [-0.25, -0.2) is 9.97 Å². The second-order valence-electron chi connectivity index (χ2n) is 11.2. The molecule has 1 aliphatic heterocycles. The van der Waals surface area contributed by atoms with Gasteiger partial charge in [0.05, 0.1) is 12.1 Å². The van der Waals surface area contributed by atoms with Crippen LogP contribution in [0.25, 0.3) is 10.9 Å². The van der Waals surface area contributed by atoms with E-state index in [1.807, 2.05) is 58.1 Å². The predicted octanol–water partition coefficient (Wildman–Crippen LogP) is 6.91. The van der Waals surface area contributed by atoms with Crippen LogP contribution in [0.3, 0.4) is 0 Å². The number of fused-ring (bicyclic) bond motifs is 1. The molecule has 0 amide bonds. The molecule has 2 fully saturated rings. The summed E-state index contributed by atoms with van der Waals surface area (Å²) in [4.78, 5) is 15.5. The van der Waals surface area contributed by atoms with Gasteiger partial charge in [0, 0.05) is 57.5 Å². The fourth-order valence-corrected chi connectivity index (χ4v) is 6.33. The third kappa shape index (κ3) is 6.10. The second kappa shape index (κ2) is 12.8. The Morgan fingerprint density at radius 3 is 2.24 bits per heavy atom. The Labute approximate surface area is 242 Å². The zero-order valence-corrected chi connectivity index (χ0v) is 25.0. The molecule has 1 N–H and O–H groups in total. The summed E-state index contributed by atoms with van der Waals surface area (Å²) >= 11 is 0. The number of hydrogen-bond acceptors (Lipinski definition) is 6. The van der Waals surface area contributed by atoms with E-state index >= 15 is 0 Å². The normalized spacial score (nSPS) is 17.3. The van der Waals surface area contributed by atoms with E-state index < -0.39 is 11.6 Å².